The Bertz CT molecular complexity index is 991. The molecule has 5 heteroatoms. The molecule has 0 unspecified atom stereocenters. The monoisotopic (exact) mass is 474 g/mol. The van der Waals surface area contributed by atoms with Crippen LogP contribution in [0.4, 0.5) is 17.1 Å². The first kappa shape index (κ1) is 25.5. The van der Waals surface area contributed by atoms with Gasteiger partial charge in [-0.05, 0) is 75.7 Å². The van der Waals surface area contributed by atoms with E-state index in [-0.39, 0.29) is 0 Å². The smallest absolute Gasteiger partial charge is 0.0733 e. The maximum absolute atomic E-state index is 6.03. The third kappa shape index (κ3) is 8.05. The quantitative estimate of drug-likeness (QED) is 0.240. The average Bonchev–Trinajstić information content (AvgIpc) is 2.86. The van der Waals surface area contributed by atoms with Gasteiger partial charge in [-0.25, -0.2) is 0 Å². The summed E-state index contributed by atoms with van der Waals surface area (Å²) in [5.74, 6) is 0. The Morgan fingerprint density at radius 3 is 2.15 bits per heavy atom. The van der Waals surface area contributed by atoms with Gasteiger partial charge in [-0.2, -0.15) is 0 Å². The molecule has 1 aromatic heterocycles. The highest BCUT2D eigenvalue weighted by Crippen LogP contribution is 2.25. The number of nitrogens with one attached hydrogen (secondary N) is 2. The summed E-state index contributed by atoms with van der Waals surface area (Å²) in [6.07, 6.45) is 8.79. The van der Waals surface area contributed by atoms with E-state index in [2.05, 4.69) is 87.8 Å². The molecule has 0 aliphatic carbocycles. The van der Waals surface area contributed by atoms with Crippen molar-refractivity contribution in [2.75, 3.05) is 36.4 Å². The van der Waals surface area contributed by atoms with Gasteiger partial charge < -0.3 is 15.5 Å². The van der Waals surface area contributed by atoms with Gasteiger partial charge in [-0.3, -0.25) is 4.98 Å². The van der Waals surface area contributed by atoms with Crippen molar-refractivity contribution in [3.8, 4) is 0 Å². The Morgan fingerprint density at radius 1 is 0.912 bits per heavy atom. The zero-order valence-electron chi connectivity index (χ0n) is 20.0. The lowest BCUT2D eigenvalue weighted by molar-refractivity contribution is 0.612. The minimum atomic E-state index is 0.703. The van der Waals surface area contributed by atoms with Crippen LogP contribution in [-0.2, 0) is 0 Å². The van der Waals surface area contributed by atoms with Crippen LogP contribution in [0.1, 0.15) is 37.4 Å². The van der Waals surface area contributed by atoms with E-state index in [9.17, 15) is 0 Å². The normalized spacial score (nSPS) is 11.3. The van der Waals surface area contributed by atoms with Gasteiger partial charge in [0.05, 0.1) is 5.69 Å². The van der Waals surface area contributed by atoms with Crippen molar-refractivity contribution in [2.45, 2.75) is 26.2 Å². The number of benzene rings is 2. The van der Waals surface area contributed by atoms with Crippen molar-refractivity contribution >= 4 is 40.8 Å². The van der Waals surface area contributed by atoms with Crippen LogP contribution in [0.5, 0.6) is 0 Å². The second-order valence-corrected chi connectivity index (χ2v) is 8.75. The summed E-state index contributed by atoms with van der Waals surface area (Å²) in [5.41, 5.74) is 5.34. The van der Waals surface area contributed by atoms with Crippen molar-refractivity contribution in [2.24, 2.45) is 0 Å². The maximum atomic E-state index is 6.03. The number of halogens is 1. The number of aromatic nitrogens is 1. The van der Waals surface area contributed by atoms with Crippen LogP contribution in [0.15, 0.2) is 84.5 Å². The Morgan fingerprint density at radius 2 is 1.53 bits per heavy atom. The van der Waals surface area contributed by atoms with Gasteiger partial charge in [-0.15, -0.1) is 0 Å². The second kappa shape index (κ2) is 14.2. The molecule has 0 amide bonds. The molecule has 3 aromatic rings. The molecular weight excluding hydrogens is 440 g/mol. The molecule has 0 saturated heterocycles. The molecule has 0 radical (unpaired) electrons. The zero-order valence-corrected chi connectivity index (χ0v) is 20.8. The van der Waals surface area contributed by atoms with Gasteiger partial charge in [-0.1, -0.05) is 60.7 Å². The number of nitrogens with zero attached hydrogens (tertiary/aromatic N) is 2. The van der Waals surface area contributed by atoms with E-state index in [1.54, 1.807) is 6.20 Å². The van der Waals surface area contributed by atoms with Crippen molar-refractivity contribution in [1.29, 1.82) is 0 Å². The minimum absolute atomic E-state index is 0.703. The zero-order chi connectivity index (χ0) is 24.0. The summed E-state index contributed by atoms with van der Waals surface area (Å²) in [4.78, 5) is 6.78. The lowest BCUT2D eigenvalue weighted by atomic mass is 10.1. The largest absolute Gasteiger partial charge is 0.384 e. The highest BCUT2D eigenvalue weighted by molar-refractivity contribution is 6.31. The third-order valence-electron chi connectivity index (χ3n) is 5.53. The lowest BCUT2D eigenvalue weighted by Crippen LogP contribution is -2.24. The molecule has 2 aromatic carbocycles. The molecule has 0 bridgehead atoms. The first-order chi connectivity index (χ1) is 16.7. The molecule has 34 heavy (non-hydrogen) atoms. The predicted molar refractivity (Wildman–Crippen MR) is 149 cm³/mol. The van der Waals surface area contributed by atoms with E-state index in [1.807, 2.05) is 25.1 Å². The Hall–Kier alpha value is -3.08. The number of para-hydroxylation sites is 2. The Kier molecular flexibility index (Phi) is 10.7. The first-order valence-corrected chi connectivity index (χ1v) is 12.3. The van der Waals surface area contributed by atoms with Gasteiger partial charge in [0, 0.05) is 46.9 Å². The van der Waals surface area contributed by atoms with Gasteiger partial charge in [0.1, 0.15) is 0 Å². The number of hydrogen-bond donors (Lipinski definition) is 2. The fourth-order valence-corrected chi connectivity index (χ4v) is 3.97. The van der Waals surface area contributed by atoms with Crippen LogP contribution in [0, 0.1) is 0 Å². The second-order valence-electron chi connectivity index (χ2n) is 8.15. The Labute approximate surface area is 209 Å². The van der Waals surface area contributed by atoms with Crippen LogP contribution in [0.3, 0.4) is 0 Å². The number of rotatable bonds is 14. The lowest BCUT2D eigenvalue weighted by Gasteiger charge is -2.25. The third-order valence-corrected chi connectivity index (χ3v) is 5.64. The molecular formula is C29H35ClN4. The summed E-state index contributed by atoms with van der Waals surface area (Å²) >= 11 is 6.03. The van der Waals surface area contributed by atoms with Crippen molar-refractivity contribution in [3.05, 3.63) is 95.8 Å². The predicted octanol–water partition coefficient (Wildman–Crippen LogP) is 7.33. The van der Waals surface area contributed by atoms with Crippen LogP contribution in [-0.4, -0.2) is 31.2 Å². The van der Waals surface area contributed by atoms with Gasteiger partial charge in [0.15, 0.2) is 0 Å². The molecule has 2 N–H and O–H groups in total. The van der Waals surface area contributed by atoms with Crippen LogP contribution < -0.4 is 15.5 Å². The average molecular weight is 475 g/mol. The molecule has 0 fully saturated rings. The molecule has 0 saturated carbocycles. The van der Waals surface area contributed by atoms with Crippen LogP contribution >= 0.6 is 11.6 Å². The highest BCUT2D eigenvalue weighted by Gasteiger charge is 2.08. The maximum Gasteiger partial charge on any atom is 0.0733 e. The SMILES string of the molecule is C=Cc1c(NCCCCNCCCN(c2ccccc2)c2ccccc2)ccnc1/C=C(\C)Cl. The number of pyridine rings is 1. The van der Waals surface area contributed by atoms with Crippen LogP contribution in [0.25, 0.3) is 12.2 Å². The van der Waals surface area contributed by atoms with Crippen LogP contribution in [0.2, 0.25) is 0 Å². The van der Waals surface area contributed by atoms with Crippen molar-refractivity contribution in [3.63, 3.8) is 0 Å². The van der Waals surface area contributed by atoms with E-state index < -0.39 is 0 Å². The molecule has 4 nitrogen and oxygen atoms in total. The standard InChI is InChI=1S/C29H35ClN4/c1-3-27-28(17-21-33-29(27)23-24(2)30)32-20-11-10-18-31-19-12-22-34(25-13-6-4-7-14-25)26-15-8-5-9-16-26/h3-9,13-17,21,23,31H,1,10-12,18-20,22H2,2H3,(H,32,33)/b24-23+. The van der Waals surface area contributed by atoms with E-state index >= 15 is 0 Å². The first-order valence-electron chi connectivity index (χ1n) is 12.0. The number of allylic oxidation sites excluding steroid dienone is 1. The molecule has 0 atom stereocenters. The molecule has 0 aliphatic rings. The summed E-state index contributed by atoms with van der Waals surface area (Å²) < 4.78 is 0. The highest BCUT2D eigenvalue weighted by atomic mass is 35.5. The topological polar surface area (TPSA) is 40.2 Å². The van der Waals surface area contributed by atoms with E-state index in [0.717, 1.165) is 62.4 Å². The van der Waals surface area contributed by atoms with E-state index in [1.165, 1.54) is 11.4 Å². The molecule has 0 spiro atoms. The van der Waals surface area contributed by atoms with Gasteiger partial charge >= 0.3 is 0 Å². The number of unbranched alkanes of at least 4 members (excludes halogenated alkanes) is 1. The van der Waals surface area contributed by atoms with E-state index in [4.69, 9.17) is 11.6 Å². The van der Waals surface area contributed by atoms with Gasteiger partial charge in [0.2, 0.25) is 0 Å². The molecule has 1 heterocycles. The number of hydrogen-bond acceptors (Lipinski definition) is 4. The molecule has 3 rings (SSSR count). The Balaban J connectivity index is 1.37. The summed E-state index contributed by atoms with van der Waals surface area (Å²) in [5, 5.41) is 7.81. The van der Waals surface area contributed by atoms with E-state index in [0.29, 0.717) is 5.03 Å². The van der Waals surface area contributed by atoms with Crippen molar-refractivity contribution in [1.82, 2.24) is 10.3 Å². The summed E-state index contributed by atoms with van der Waals surface area (Å²) in [6.45, 7) is 9.69. The number of anilines is 3. The fraction of sp³-hybridized carbons (Fsp3) is 0.276. The minimum Gasteiger partial charge on any atom is -0.384 e. The summed E-state index contributed by atoms with van der Waals surface area (Å²) in [6, 6.07) is 23.2. The molecule has 178 valence electrons. The van der Waals surface area contributed by atoms with Gasteiger partial charge in [0.25, 0.3) is 0 Å². The molecule has 0 aliphatic heterocycles. The van der Waals surface area contributed by atoms with Crippen molar-refractivity contribution < 1.29 is 0 Å². The summed E-state index contributed by atoms with van der Waals surface area (Å²) in [7, 11) is 0. The fourth-order valence-electron chi connectivity index (χ4n) is 3.87.